The number of benzene rings is 2. The van der Waals surface area contributed by atoms with Gasteiger partial charge in [0.15, 0.2) is 11.5 Å². The molecule has 1 N–H and O–H groups in total. The SMILES string of the molecule is C=CCNCc1cc(OC)c(OCc2ccc(Cl)c(Cl)c2)cc1Cl. The van der Waals surface area contributed by atoms with Crippen molar-refractivity contribution >= 4 is 34.8 Å². The molecule has 6 heteroatoms. The molecule has 0 saturated carbocycles. The van der Waals surface area contributed by atoms with Gasteiger partial charge in [-0.15, -0.1) is 6.58 Å². The van der Waals surface area contributed by atoms with Crippen molar-refractivity contribution in [2.45, 2.75) is 13.2 Å². The van der Waals surface area contributed by atoms with Gasteiger partial charge in [0.25, 0.3) is 0 Å². The van der Waals surface area contributed by atoms with Crippen molar-refractivity contribution in [1.29, 1.82) is 0 Å². The summed E-state index contributed by atoms with van der Waals surface area (Å²) in [6.45, 7) is 5.32. The fraction of sp³-hybridized carbons (Fsp3) is 0.222. The standard InChI is InChI=1S/C18H18Cl3NO2/c1-3-6-22-10-13-8-17(23-2)18(9-15(13)20)24-11-12-4-5-14(19)16(21)7-12/h3-5,7-9,22H,1,6,10-11H2,2H3. The lowest BCUT2D eigenvalue weighted by Crippen LogP contribution is -2.13. The van der Waals surface area contributed by atoms with Crippen molar-refractivity contribution in [1.82, 2.24) is 5.32 Å². The molecule has 0 unspecified atom stereocenters. The molecule has 0 aromatic heterocycles. The molecule has 0 amide bonds. The Morgan fingerprint density at radius 3 is 2.50 bits per heavy atom. The van der Waals surface area contributed by atoms with Crippen molar-refractivity contribution in [2.24, 2.45) is 0 Å². The number of halogens is 3. The summed E-state index contributed by atoms with van der Waals surface area (Å²) >= 11 is 18.3. The van der Waals surface area contributed by atoms with E-state index >= 15 is 0 Å². The van der Waals surface area contributed by atoms with Crippen LogP contribution in [-0.4, -0.2) is 13.7 Å². The van der Waals surface area contributed by atoms with Crippen LogP contribution in [-0.2, 0) is 13.2 Å². The summed E-state index contributed by atoms with van der Waals surface area (Å²) in [5, 5.41) is 4.82. The fourth-order valence-electron chi connectivity index (χ4n) is 2.08. The Morgan fingerprint density at radius 1 is 1.04 bits per heavy atom. The van der Waals surface area contributed by atoms with E-state index in [1.54, 1.807) is 31.4 Å². The molecule has 0 spiro atoms. The minimum atomic E-state index is 0.331. The van der Waals surface area contributed by atoms with Crippen molar-refractivity contribution in [3.05, 3.63) is 69.2 Å². The molecule has 0 bridgehead atoms. The van der Waals surface area contributed by atoms with Gasteiger partial charge in [-0.25, -0.2) is 0 Å². The normalized spacial score (nSPS) is 10.5. The molecule has 2 aromatic rings. The molecule has 24 heavy (non-hydrogen) atoms. The lowest BCUT2D eigenvalue weighted by atomic mass is 10.2. The molecule has 0 saturated heterocycles. The van der Waals surface area contributed by atoms with Crippen LogP contribution in [0.1, 0.15) is 11.1 Å². The largest absolute Gasteiger partial charge is 0.493 e. The number of nitrogens with one attached hydrogen (secondary N) is 1. The first-order chi connectivity index (χ1) is 11.5. The lowest BCUT2D eigenvalue weighted by molar-refractivity contribution is 0.284. The summed E-state index contributed by atoms with van der Waals surface area (Å²) in [6, 6.07) is 8.98. The smallest absolute Gasteiger partial charge is 0.163 e. The highest BCUT2D eigenvalue weighted by atomic mass is 35.5. The molecule has 0 aliphatic carbocycles. The third-order valence-corrected chi connectivity index (χ3v) is 4.41. The second-order valence-corrected chi connectivity index (χ2v) is 6.27. The fourth-order valence-corrected chi connectivity index (χ4v) is 2.63. The summed E-state index contributed by atoms with van der Waals surface area (Å²) < 4.78 is 11.2. The molecular weight excluding hydrogens is 369 g/mol. The lowest BCUT2D eigenvalue weighted by Gasteiger charge is -2.14. The quantitative estimate of drug-likeness (QED) is 0.479. The molecule has 0 aliphatic rings. The Hall–Kier alpha value is -1.39. The second-order valence-electron chi connectivity index (χ2n) is 5.05. The molecule has 128 valence electrons. The average Bonchev–Trinajstić information content (AvgIpc) is 2.57. The summed E-state index contributed by atoms with van der Waals surface area (Å²) in [7, 11) is 1.59. The maximum absolute atomic E-state index is 6.33. The second kappa shape index (κ2) is 9.19. The first-order valence-corrected chi connectivity index (χ1v) is 8.43. The summed E-state index contributed by atoms with van der Waals surface area (Å²) in [4.78, 5) is 0. The molecule has 0 radical (unpaired) electrons. The highest BCUT2D eigenvalue weighted by molar-refractivity contribution is 6.42. The monoisotopic (exact) mass is 385 g/mol. The van der Waals surface area contributed by atoms with Crippen LogP contribution in [0.5, 0.6) is 11.5 Å². The first-order valence-electron chi connectivity index (χ1n) is 7.30. The molecular formula is C18H18Cl3NO2. The van der Waals surface area contributed by atoms with Gasteiger partial charge in [-0.3, -0.25) is 0 Å². The number of hydrogen-bond donors (Lipinski definition) is 1. The summed E-state index contributed by atoms with van der Waals surface area (Å²) in [5.74, 6) is 1.19. The predicted molar refractivity (Wildman–Crippen MR) is 101 cm³/mol. The zero-order valence-electron chi connectivity index (χ0n) is 13.2. The molecule has 0 heterocycles. The minimum absolute atomic E-state index is 0.331. The van der Waals surface area contributed by atoms with Crippen molar-refractivity contribution in [3.63, 3.8) is 0 Å². The van der Waals surface area contributed by atoms with Crippen molar-refractivity contribution < 1.29 is 9.47 Å². The van der Waals surface area contributed by atoms with E-state index in [-0.39, 0.29) is 0 Å². The number of methoxy groups -OCH3 is 1. The maximum Gasteiger partial charge on any atom is 0.163 e. The van der Waals surface area contributed by atoms with Gasteiger partial charge in [0.05, 0.1) is 17.2 Å². The number of rotatable bonds is 8. The Morgan fingerprint density at radius 2 is 1.83 bits per heavy atom. The Balaban J connectivity index is 2.12. The Bertz CT molecular complexity index is 720. The van der Waals surface area contributed by atoms with Crippen molar-refractivity contribution in [3.8, 4) is 11.5 Å². The molecule has 0 atom stereocenters. The van der Waals surface area contributed by atoms with Crippen LogP contribution in [0.3, 0.4) is 0 Å². The molecule has 2 rings (SSSR count). The summed E-state index contributed by atoms with van der Waals surface area (Å²) in [5.41, 5.74) is 1.83. The van der Waals surface area contributed by atoms with Crippen LogP contribution in [0.2, 0.25) is 15.1 Å². The van der Waals surface area contributed by atoms with E-state index in [2.05, 4.69) is 11.9 Å². The van der Waals surface area contributed by atoms with Crippen LogP contribution < -0.4 is 14.8 Å². The van der Waals surface area contributed by atoms with E-state index in [9.17, 15) is 0 Å². The van der Waals surface area contributed by atoms with Crippen LogP contribution in [0.15, 0.2) is 43.0 Å². The van der Waals surface area contributed by atoms with Gasteiger partial charge in [0, 0.05) is 24.2 Å². The molecule has 0 aliphatic heterocycles. The van der Waals surface area contributed by atoms with Crippen LogP contribution in [0, 0.1) is 0 Å². The van der Waals surface area contributed by atoms with Gasteiger partial charge >= 0.3 is 0 Å². The zero-order valence-corrected chi connectivity index (χ0v) is 15.5. The van der Waals surface area contributed by atoms with E-state index in [0.29, 0.717) is 46.3 Å². The van der Waals surface area contributed by atoms with Gasteiger partial charge in [-0.05, 0) is 29.3 Å². The summed E-state index contributed by atoms with van der Waals surface area (Å²) in [6.07, 6.45) is 1.79. The van der Waals surface area contributed by atoms with E-state index in [4.69, 9.17) is 44.3 Å². The Labute approximate surface area is 157 Å². The number of hydrogen-bond acceptors (Lipinski definition) is 3. The predicted octanol–water partition coefficient (Wildman–Crippen LogP) is 5.51. The van der Waals surface area contributed by atoms with Crippen LogP contribution in [0.4, 0.5) is 0 Å². The van der Waals surface area contributed by atoms with Crippen molar-refractivity contribution in [2.75, 3.05) is 13.7 Å². The van der Waals surface area contributed by atoms with E-state index in [0.717, 1.165) is 11.1 Å². The molecule has 0 fully saturated rings. The molecule has 3 nitrogen and oxygen atoms in total. The minimum Gasteiger partial charge on any atom is -0.493 e. The highest BCUT2D eigenvalue weighted by Crippen LogP contribution is 2.34. The van der Waals surface area contributed by atoms with Gasteiger partial charge < -0.3 is 14.8 Å². The highest BCUT2D eigenvalue weighted by Gasteiger charge is 2.11. The molecule has 2 aromatic carbocycles. The average molecular weight is 387 g/mol. The topological polar surface area (TPSA) is 30.5 Å². The Kier molecular flexibility index (Phi) is 7.25. The first kappa shape index (κ1) is 18.9. The van der Waals surface area contributed by atoms with E-state index in [1.165, 1.54) is 0 Å². The number of ether oxygens (including phenoxy) is 2. The van der Waals surface area contributed by atoms with Gasteiger partial charge in [0.1, 0.15) is 6.61 Å². The third-order valence-electron chi connectivity index (χ3n) is 3.32. The van der Waals surface area contributed by atoms with Crippen LogP contribution >= 0.6 is 34.8 Å². The maximum atomic E-state index is 6.33. The van der Waals surface area contributed by atoms with Crippen LogP contribution in [0.25, 0.3) is 0 Å². The zero-order chi connectivity index (χ0) is 17.5. The van der Waals surface area contributed by atoms with Gasteiger partial charge in [-0.2, -0.15) is 0 Å². The third kappa shape index (κ3) is 5.05. The van der Waals surface area contributed by atoms with Gasteiger partial charge in [0.2, 0.25) is 0 Å². The van der Waals surface area contributed by atoms with Gasteiger partial charge in [-0.1, -0.05) is 46.9 Å². The van der Waals surface area contributed by atoms with E-state index < -0.39 is 0 Å². The van der Waals surface area contributed by atoms with E-state index in [1.807, 2.05) is 12.1 Å².